The van der Waals surface area contributed by atoms with Gasteiger partial charge in [-0.1, -0.05) is 11.6 Å². The standard InChI is InChI=1S/C12H11ClF2N3O2Si/c1-20-7-18(12-2-3-16-6-17-12)21(19)11-4-8(13)9(14)5-10(11)15/h2-6,19H,7H2,1H3. The minimum Gasteiger partial charge on any atom is -0.411 e. The van der Waals surface area contributed by atoms with Gasteiger partial charge in [-0.15, -0.1) is 0 Å². The van der Waals surface area contributed by atoms with Gasteiger partial charge < -0.3 is 14.1 Å². The zero-order valence-electron chi connectivity index (χ0n) is 10.9. The lowest BCUT2D eigenvalue weighted by Crippen LogP contribution is -2.51. The highest BCUT2D eigenvalue weighted by Gasteiger charge is 2.28. The molecular weight excluding hydrogens is 320 g/mol. The largest absolute Gasteiger partial charge is 0.411 e. The molecule has 2 aromatic rings. The first-order valence-corrected chi connectivity index (χ1v) is 7.55. The van der Waals surface area contributed by atoms with E-state index in [9.17, 15) is 13.6 Å². The molecule has 0 fully saturated rings. The van der Waals surface area contributed by atoms with E-state index in [0.29, 0.717) is 11.9 Å². The van der Waals surface area contributed by atoms with E-state index in [-0.39, 0.29) is 16.9 Å². The molecule has 111 valence electrons. The number of nitrogens with zero attached hydrogens (tertiary/aromatic N) is 3. The Hall–Kier alpha value is -1.61. The van der Waals surface area contributed by atoms with Crippen LogP contribution in [0, 0.1) is 11.6 Å². The summed E-state index contributed by atoms with van der Waals surface area (Å²) in [7, 11) is -1.17. The van der Waals surface area contributed by atoms with Crippen LogP contribution in [0.15, 0.2) is 30.7 Å². The van der Waals surface area contributed by atoms with Crippen LogP contribution in [0.1, 0.15) is 0 Å². The Labute approximate surface area is 126 Å². The highest BCUT2D eigenvalue weighted by atomic mass is 35.5. The highest BCUT2D eigenvalue weighted by molar-refractivity contribution is 6.70. The molecule has 1 heterocycles. The molecule has 0 aliphatic carbocycles. The Kier molecular flexibility index (Phi) is 5.18. The second-order valence-corrected chi connectivity index (χ2v) is 6.12. The highest BCUT2D eigenvalue weighted by Crippen LogP contribution is 2.16. The van der Waals surface area contributed by atoms with Gasteiger partial charge in [0, 0.05) is 24.6 Å². The van der Waals surface area contributed by atoms with E-state index in [4.69, 9.17) is 16.3 Å². The van der Waals surface area contributed by atoms with Crippen LogP contribution < -0.4 is 9.75 Å². The van der Waals surface area contributed by atoms with Crippen molar-refractivity contribution in [2.45, 2.75) is 0 Å². The van der Waals surface area contributed by atoms with Crippen molar-refractivity contribution in [2.75, 3.05) is 18.4 Å². The zero-order valence-corrected chi connectivity index (χ0v) is 12.7. The minimum absolute atomic E-state index is 0.0176. The monoisotopic (exact) mass is 330 g/mol. The molecule has 0 bridgehead atoms. The SMILES string of the molecule is COCN(c1ccncn1)[Si](O)c1cc(Cl)c(F)cc1F. The topological polar surface area (TPSA) is 58.5 Å². The summed E-state index contributed by atoms with van der Waals surface area (Å²) >= 11 is 5.65. The lowest BCUT2D eigenvalue weighted by Gasteiger charge is -2.26. The van der Waals surface area contributed by atoms with Gasteiger partial charge in [0.2, 0.25) is 0 Å². The molecule has 1 radical (unpaired) electrons. The van der Waals surface area contributed by atoms with Gasteiger partial charge in [0.15, 0.2) is 0 Å². The minimum atomic E-state index is -2.60. The third kappa shape index (κ3) is 3.53. The Morgan fingerprint density at radius 2 is 2.14 bits per heavy atom. The van der Waals surface area contributed by atoms with E-state index in [1.807, 2.05) is 0 Å². The van der Waals surface area contributed by atoms with Gasteiger partial charge in [0.05, 0.1) is 5.02 Å². The Morgan fingerprint density at radius 1 is 1.38 bits per heavy atom. The Morgan fingerprint density at radius 3 is 2.76 bits per heavy atom. The number of aromatic nitrogens is 2. The van der Waals surface area contributed by atoms with E-state index in [1.54, 1.807) is 6.07 Å². The summed E-state index contributed by atoms with van der Waals surface area (Å²) < 4.78 is 33.4. The van der Waals surface area contributed by atoms with E-state index in [1.165, 1.54) is 24.2 Å². The lowest BCUT2D eigenvalue weighted by molar-refractivity contribution is 0.206. The first kappa shape index (κ1) is 15.8. The van der Waals surface area contributed by atoms with Crippen LogP contribution in [-0.4, -0.2) is 37.8 Å². The van der Waals surface area contributed by atoms with Crippen LogP contribution in [-0.2, 0) is 4.74 Å². The zero-order chi connectivity index (χ0) is 15.4. The van der Waals surface area contributed by atoms with Gasteiger partial charge >= 0.3 is 9.20 Å². The Balaban J connectivity index is 2.39. The fraction of sp³-hybridized carbons (Fsp3) is 0.167. The van der Waals surface area contributed by atoms with Gasteiger partial charge in [-0.3, -0.25) is 0 Å². The van der Waals surface area contributed by atoms with Crippen molar-refractivity contribution in [1.82, 2.24) is 9.97 Å². The number of methoxy groups -OCH3 is 1. The number of halogens is 3. The molecule has 0 aliphatic rings. The maximum atomic E-state index is 13.9. The summed E-state index contributed by atoms with van der Waals surface area (Å²) in [6.07, 6.45) is 2.77. The second kappa shape index (κ2) is 6.90. The van der Waals surface area contributed by atoms with Crippen LogP contribution in [0.5, 0.6) is 0 Å². The van der Waals surface area contributed by atoms with Crippen LogP contribution in [0.3, 0.4) is 0 Å². The second-order valence-electron chi connectivity index (χ2n) is 3.98. The van der Waals surface area contributed by atoms with Crippen molar-refractivity contribution in [2.24, 2.45) is 0 Å². The van der Waals surface area contributed by atoms with Gasteiger partial charge in [-0.05, 0) is 12.1 Å². The van der Waals surface area contributed by atoms with Gasteiger partial charge in [0.25, 0.3) is 0 Å². The molecule has 0 spiro atoms. The Bertz CT molecular complexity index is 621. The quantitative estimate of drug-likeness (QED) is 0.507. The van der Waals surface area contributed by atoms with Gasteiger partial charge in [0.1, 0.15) is 30.5 Å². The smallest absolute Gasteiger partial charge is 0.382 e. The molecule has 2 rings (SSSR count). The molecular formula is C12H11ClF2N3O2Si. The van der Waals surface area contributed by atoms with Crippen LogP contribution in [0.2, 0.25) is 5.02 Å². The first-order chi connectivity index (χ1) is 10.0. The van der Waals surface area contributed by atoms with Crippen molar-refractivity contribution in [1.29, 1.82) is 0 Å². The van der Waals surface area contributed by atoms with Crippen LogP contribution >= 0.6 is 11.6 Å². The first-order valence-electron chi connectivity index (χ1n) is 5.78. The normalized spacial score (nSPS) is 11.0. The average Bonchev–Trinajstić information content (AvgIpc) is 2.49. The molecule has 1 N–H and O–H groups in total. The average molecular weight is 331 g/mol. The van der Waals surface area contributed by atoms with Crippen LogP contribution in [0.4, 0.5) is 14.6 Å². The molecule has 1 aromatic heterocycles. The van der Waals surface area contributed by atoms with Crippen molar-refractivity contribution >= 4 is 31.8 Å². The molecule has 9 heteroatoms. The number of hydrogen-bond donors (Lipinski definition) is 1. The third-order valence-electron chi connectivity index (χ3n) is 2.61. The number of hydrogen-bond acceptors (Lipinski definition) is 5. The summed E-state index contributed by atoms with van der Waals surface area (Å²) in [5.41, 5.74) is 0. The summed E-state index contributed by atoms with van der Waals surface area (Å²) in [5, 5.41) is -0.343. The molecule has 0 saturated carbocycles. The van der Waals surface area contributed by atoms with Crippen molar-refractivity contribution in [3.8, 4) is 0 Å². The maximum absolute atomic E-state index is 13.9. The molecule has 0 atom stereocenters. The molecule has 0 saturated heterocycles. The molecule has 1 aromatic carbocycles. The number of ether oxygens (including phenoxy) is 1. The lowest BCUT2D eigenvalue weighted by atomic mass is 10.3. The van der Waals surface area contributed by atoms with E-state index in [0.717, 1.165) is 6.07 Å². The van der Waals surface area contributed by atoms with Crippen molar-refractivity contribution in [3.05, 3.63) is 47.4 Å². The predicted molar refractivity (Wildman–Crippen MR) is 75.4 cm³/mol. The van der Waals surface area contributed by atoms with Crippen molar-refractivity contribution < 1.29 is 18.3 Å². The van der Waals surface area contributed by atoms with Crippen molar-refractivity contribution in [3.63, 3.8) is 0 Å². The fourth-order valence-corrected chi connectivity index (χ4v) is 3.35. The maximum Gasteiger partial charge on any atom is 0.382 e. The molecule has 21 heavy (non-hydrogen) atoms. The summed E-state index contributed by atoms with van der Waals surface area (Å²) in [6.45, 7) is -0.0176. The number of anilines is 1. The van der Waals surface area contributed by atoms with E-state index >= 15 is 0 Å². The van der Waals surface area contributed by atoms with Gasteiger partial charge in [-0.25, -0.2) is 18.7 Å². The number of rotatable bonds is 5. The number of benzene rings is 1. The predicted octanol–water partition coefficient (Wildman–Crippen LogP) is 1.21. The summed E-state index contributed by atoms with van der Waals surface area (Å²) in [6, 6.07) is 3.26. The van der Waals surface area contributed by atoms with E-state index in [2.05, 4.69) is 9.97 Å². The molecule has 0 amide bonds. The summed E-state index contributed by atoms with van der Waals surface area (Å²) in [4.78, 5) is 18.2. The van der Waals surface area contributed by atoms with E-state index < -0.39 is 20.8 Å². The molecule has 5 nitrogen and oxygen atoms in total. The van der Waals surface area contributed by atoms with Crippen LogP contribution in [0.25, 0.3) is 0 Å². The molecule has 0 aliphatic heterocycles. The summed E-state index contributed by atoms with van der Waals surface area (Å²) in [5.74, 6) is -1.39. The third-order valence-corrected chi connectivity index (χ3v) is 4.63. The van der Waals surface area contributed by atoms with Gasteiger partial charge in [-0.2, -0.15) is 0 Å². The molecule has 0 unspecified atom stereocenters. The fourth-order valence-electron chi connectivity index (χ4n) is 1.65.